The van der Waals surface area contributed by atoms with Gasteiger partial charge in [-0.05, 0) is 5.41 Å². The lowest BCUT2D eigenvalue weighted by molar-refractivity contribution is -0.385. The fourth-order valence-electron chi connectivity index (χ4n) is 1.76. The van der Waals surface area contributed by atoms with Gasteiger partial charge in [-0.1, -0.05) is 39.0 Å². The summed E-state index contributed by atoms with van der Waals surface area (Å²) in [4.78, 5) is 24.1. The summed E-state index contributed by atoms with van der Waals surface area (Å²) in [6.45, 7) is 5.82. The third-order valence-corrected chi connectivity index (χ3v) is 3.17. The highest BCUT2D eigenvalue weighted by molar-refractivity contribution is 5.82. The van der Waals surface area contributed by atoms with Gasteiger partial charge in [-0.3, -0.25) is 14.9 Å². The second-order valence-electron chi connectivity index (χ2n) is 5.92. The fourth-order valence-corrected chi connectivity index (χ4v) is 1.76. The van der Waals surface area contributed by atoms with Crippen LogP contribution < -0.4 is 5.73 Å². The number of carbonyl (C=O) groups is 1. The normalized spacial score (nSPS) is 12.8. The molecule has 1 amide bonds. The maximum Gasteiger partial charge on any atom is 0.274 e. The molecular weight excluding hydrogens is 258 g/mol. The minimum Gasteiger partial charge on any atom is -0.340 e. The van der Waals surface area contributed by atoms with Crippen LogP contribution in [0.1, 0.15) is 26.3 Å². The molecule has 6 nitrogen and oxygen atoms in total. The molecule has 0 unspecified atom stereocenters. The van der Waals surface area contributed by atoms with E-state index in [1.807, 2.05) is 20.8 Å². The number of nitro benzene ring substituents is 1. The third kappa shape index (κ3) is 3.77. The van der Waals surface area contributed by atoms with Gasteiger partial charge in [0.25, 0.3) is 5.69 Å². The van der Waals surface area contributed by atoms with Gasteiger partial charge in [0.15, 0.2) is 0 Å². The van der Waals surface area contributed by atoms with Crippen LogP contribution in [-0.2, 0) is 11.3 Å². The van der Waals surface area contributed by atoms with Crippen molar-refractivity contribution in [3.05, 3.63) is 39.9 Å². The van der Waals surface area contributed by atoms with E-state index in [2.05, 4.69) is 0 Å². The number of nitro groups is 1. The molecule has 0 fully saturated rings. The largest absolute Gasteiger partial charge is 0.340 e. The first-order chi connectivity index (χ1) is 9.14. The summed E-state index contributed by atoms with van der Waals surface area (Å²) in [5, 5.41) is 10.9. The molecular formula is C14H21N3O3. The first-order valence-corrected chi connectivity index (χ1v) is 6.37. The Morgan fingerprint density at radius 2 is 1.95 bits per heavy atom. The van der Waals surface area contributed by atoms with Crippen LogP contribution in [0.4, 0.5) is 5.69 Å². The Labute approximate surface area is 118 Å². The number of nitrogens with zero attached hydrogens (tertiary/aromatic N) is 2. The molecule has 2 N–H and O–H groups in total. The molecule has 1 atom stereocenters. The molecule has 0 aliphatic heterocycles. The number of rotatable bonds is 4. The van der Waals surface area contributed by atoms with Crippen molar-refractivity contribution < 1.29 is 9.72 Å². The molecule has 110 valence electrons. The third-order valence-electron chi connectivity index (χ3n) is 3.17. The van der Waals surface area contributed by atoms with Crippen LogP contribution in [0.2, 0.25) is 0 Å². The van der Waals surface area contributed by atoms with Gasteiger partial charge >= 0.3 is 0 Å². The predicted octanol–water partition coefficient (Wildman–Crippen LogP) is 1.93. The van der Waals surface area contributed by atoms with Crippen molar-refractivity contribution in [3.8, 4) is 0 Å². The number of carbonyl (C=O) groups excluding carboxylic acids is 1. The Kier molecular flexibility index (Phi) is 4.83. The molecule has 6 heteroatoms. The maximum absolute atomic E-state index is 12.2. The van der Waals surface area contributed by atoms with Crippen LogP contribution >= 0.6 is 0 Å². The Morgan fingerprint density at radius 3 is 2.45 bits per heavy atom. The quantitative estimate of drug-likeness (QED) is 0.673. The van der Waals surface area contributed by atoms with E-state index in [0.29, 0.717) is 5.56 Å². The number of para-hydroxylation sites is 1. The Balaban J connectivity index is 2.89. The summed E-state index contributed by atoms with van der Waals surface area (Å²) < 4.78 is 0. The molecule has 20 heavy (non-hydrogen) atoms. The van der Waals surface area contributed by atoms with Crippen LogP contribution in [0.5, 0.6) is 0 Å². The SMILES string of the molecule is CN(Cc1ccccc1[N+](=O)[O-])C(=O)[C@H](N)C(C)(C)C. The minimum absolute atomic E-state index is 0.0106. The van der Waals surface area contributed by atoms with Crippen molar-refractivity contribution in [1.29, 1.82) is 0 Å². The first-order valence-electron chi connectivity index (χ1n) is 6.37. The molecule has 1 aromatic carbocycles. The monoisotopic (exact) mass is 279 g/mol. The first kappa shape index (κ1) is 16.1. The van der Waals surface area contributed by atoms with Gasteiger partial charge < -0.3 is 10.6 Å². The molecule has 1 aromatic rings. The standard InChI is InChI=1S/C14H21N3O3/c1-14(2,3)12(15)13(18)16(4)9-10-7-5-6-8-11(10)17(19)20/h5-8,12H,9,15H2,1-4H3/t12-/m0/s1. The number of benzene rings is 1. The maximum atomic E-state index is 12.2. The number of likely N-dealkylation sites (N-methyl/N-ethyl adjacent to an activating group) is 1. The zero-order chi connectivity index (χ0) is 15.5. The summed E-state index contributed by atoms with van der Waals surface area (Å²) in [6, 6.07) is 5.74. The molecule has 0 saturated heterocycles. The van der Waals surface area contributed by atoms with E-state index in [9.17, 15) is 14.9 Å². The summed E-state index contributed by atoms with van der Waals surface area (Å²) in [6.07, 6.45) is 0. The molecule has 0 spiro atoms. The van der Waals surface area contributed by atoms with E-state index in [1.165, 1.54) is 11.0 Å². The van der Waals surface area contributed by atoms with E-state index in [0.717, 1.165) is 0 Å². The molecule has 0 aliphatic carbocycles. The van der Waals surface area contributed by atoms with Gasteiger partial charge in [0.05, 0.1) is 17.5 Å². The highest BCUT2D eigenvalue weighted by Crippen LogP contribution is 2.22. The molecule has 0 heterocycles. The van der Waals surface area contributed by atoms with Crippen molar-refractivity contribution in [2.24, 2.45) is 11.1 Å². The van der Waals surface area contributed by atoms with Crippen LogP contribution in [0.3, 0.4) is 0 Å². The van der Waals surface area contributed by atoms with Gasteiger partial charge in [0, 0.05) is 18.7 Å². The van der Waals surface area contributed by atoms with Crippen LogP contribution in [0.25, 0.3) is 0 Å². The molecule has 0 aliphatic rings. The lowest BCUT2D eigenvalue weighted by Gasteiger charge is -2.30. The smallest absolute Gasteiger partial charge is 0.274 e. The summed E-state index contributed by atoms with van der Waals surface area (Å²) >= 11 is 0. The van der Waals surface area contributed by atoms with Crippen LogP contribution in [-0.4, -0.2) is 28.8 Å². The predicted molar refractivity (Wildman–Crippen MR) is 77.0 cm³/mol. The van der Waals surface area contributed by atoms with Crippen LogP contribution in [0, 0.1) is 15.5 Å². The van der Waals surface area contributed by atoms with Crippen molar-refractivity contribution >= 4 is 11.6 Å². The lowest BCUT2D eigenvalue weighted by Crippen LogP contribution is -2.48. The van der Waals surface area contributed by atoms with Crippen molar-refractivity contribution in [3.63, 3.8) is 0 Å². The summed E-state index contributed by atoms with van der Waals surface area (Å²) in [5.74, 6) is -0.226. The zero-order valence-corrected chi connectivity index (χ0v) is 12.3. The Morgan fingerprint density at radius 1 is 1.40 bits per heavy atom. The number of amides is 1. The minimum atomic E-state index is -0.643. The van der Waals surface area contributed by atoms with Gasteiger partial charge in [-0.2, -0.15) is 0 Å². The molecule has 0 radical (unpaired) electrons. The van der Waals surface area contributed by atoms with Gasteiger partial charge in [-0.25, -0.2) is 0 Å². The van der Waals surface area contributed by atoms with E-state index in [-0.39, 0.29) is 23.6 Å². The molecule has 0 saturated carbocycles. The van der Waals surface area contributed by atoms with Crippen molar-refractivity contribution in [2.75, 3.05) is 7.05 Å². The van der Waals surface area contributed by atoms with Crippen LogP contribution in [0.15, 0.2) is 24.3 Å². The van der Waals surface area contributed by atoms with E-state index in [4.69, 9.17) is 5.73 Å². The molecule has 1 rings (SSSR count). The van der Waals surface area contributed by atoms with Crippen molar-refractivity contribution in [2.45, 2.75) is 33.4 Å². The molecule has 0 aromatic heterocycles. The Hall–Kier alpha value is -1.95. The summed E-state index contributed by atoms with van der Waals surface area (Å²) in [5.41, 5.74) is 6.07. The second-order valence-corrected chi connectivity index (χ2v) is 5.92. The average Bonchev–Trinajstić information content (AvgIpc) is 2.36. The topological polar surface area (TPSA) is 89.5 Å². The Bertz CT molecular complexity index is 509. The van der Waals surface area contributed by atoms with E-state index < -0.39 is 11.0 Å². The van der Waals surface area contributed by atoms with Crippen molar-refractivity contribution in [1.82, 2.24) is 4.90 Å². The number of hydrogen-bond donors (Lipinski definition) is 1. The van der Waals surface area contributed by atoms with Gasteiger partial charge in [0.2, 0.25) is 5.91 Å². The number of nitrogens with two attached hydrogens (primary N) is 1. The lowest BCUT2D eigenvalue weighted by atomic mass is 9.86. The zero-order valence-electron chi connectivity index (χ0n) is 12.3. The van der Waals surface area contributed by atoms with Gasteiger partial charge in [0.1, 0.15) is 0 Å². The van der Waals surface area contributed by atoms with E-state index >= 15 is 0 Å². The number of hydrogen-bond acceptors (Lipinski definition) is 4. The van der Waals surface area contributed by atoms with E-state index in [1.54, 1.807) is 25.2 Å². The molecule has 0 bridgehead atoms. The fraction of sp³-hybridized carbons (Fsp3) is 0.500. The highest BCUT2D eigenvalue weighted by atomic mass is 16.6. The average molecular weight is 279 g/mol. The summed E-state index contributed by atoms with van der Waals surface area (Å²) in [7, 11) is 1.60. The highest BCUT2D eigenvalue weighted by Gasteiger charge is 2.30. The second kappa shape index (κ2) is 6.00. The van der Waals surface area contributed by atoms with Gasteiger partial charge in [-0.15, -0.1) is 0 Å².